The molecule has 0 unspecified atom stereocenters. The zero-order chi connectivity index (χ0) is 21.4. The SMILES string of the molecule is CN(C(=O)N1CCC2(CC1)CC(c1ccccc1)=NO2)c1ccc(C(C)(C)C)cc1. The molecular weight excluding hydrogens is 374 g/mol. The van der Waals surface area contributed by atoms with E-state index in [4.69, 9.17) is 4.84 Å². The molecule has 2 aliphatic heterocycles. The maximum absolute atomic E-state index is 13.1. The van der Waals surface area contributed by atoms with E-state index in [-0.39, 0.29) is 17.0 Å². The fraction of sp³-hybridized carbons (Fsp3) is 0.440. The summed E-state index contributed by atoms with van der Waals surface area (Å²) in [6, 6.07) is 18.5. The second kappa shape index (κ2) is 7.78. The third-order valence-corrected chi connectivity index (χ3v) is 6.30. The van der Waals surface area contributed by atoms with E-state index >= 15 is 0 Å². The van der Waals surface area contributed by atoms with E-state index in [1.54, 1.807) is 4.90 Å². The number of carbonyl (C=O) groups excluding carboxylic acids is 1. The highest BCUT2D eigenvalue weighted by Crippen LogP contribution is 2.36. The summed E-state index contributed by atoms with van der Waals surface area (Å²) in [7, 11) is 1.85. The average molecular weight is 406 g/mol. The van der Waals surface area contributed by atoms with Crippen molar-refractivity contribution in [1.29, 1.82) is 0 Å². The van der Waals surface area contributed by atoms with Gasteiger partial charge in [-0.3, -0.25) is 4.90 Å². The van der Waals surface area contributed by atoms with Gasteiger partial charge in [0, 0.05) is 45.1 Å². The number of carbonyl (C=O) groups is 1. The van der Waals surface area contributed by atoms with Gasteiger partial charge in [-0.1, -0.05) is 68.4 Å². The summed E-state index contributed by atoms with van der Waals surface area (Å²) in [6.07, 6.45) is 2.41. The van der Waals surface area contributed by atoms with Crippen LogP contribution in [0, 0.1) is 0 Å². The smallest absolute Gasteiger partial charge is 0.324 e. The Balaban J connectivity index is 1.36. The number of hydrogen-bond donors (Lipinski definition) is 0. The summed E-state index contributed by atoms with van der Waals surface area (Å²) in [5.41, 5.74) is 4.14. The highest BCUT2D eigenvalue weighted by atomic mass is 16.7. The Kier molecular flexibility index (Phi) is 5.31. The maximum atomic E-state index is 13.1. The van der Waals surface area contributed by atoms with Crippen LogP contribution in [0.1, 0.15) is 51.2 Å². The minimum Gasteiger partial charge on any atom is -0.388 e. The Labute approximate surface area is 179 Å². The van der Waals surface area contributed by atoms with Gasteiger partial charge in [-0.15, -0.1) is 0 Å². The van der Waals surface area contributed by atoms with E-state index in [1.807, 2.05) is 42.3 Å². The van der Waals surface area contributed by atoms with E-state index in [9.17, 15) is 4.79 Å². The zero-order valence-electron chi connectivity index (χ0n) is 18.4. The van der Waals surface area contributed by atoms with Crippen LogP contribution in [0.15, 0.2) is 59.8 Å². The average Bonchev–Trinajstić information content (AvgIpc) is 3.17. The van der Waals surface area contributed by atoms with Crippen molar-refractivity contribution in [1.82, 2.24) is 4.90 Å². The Bertz CT molecular complexity index is 921. The van der Waals surface area contributed by atoms with Gasteiger partial charge in [0.15, 0.2) is 0 Å². The molecule has 0 N–H and O–H groups in total. The van der Waals surface area contributed by atoms with Crippen molar-refractivity contribution in [3.63, 3.8) is 0 Å². The molecule has 2 aliphatic rings. The number of hydrogen-bond acceptors (Lipinski definition) is 3. The third kappa shape index (κ3) is 4.07. The Hall–Kier alpha value is -2.82. The van der Waals surface area contributed by atoms with Crippen molar-refractivity contribution in [3.05, 3.63) is 65.7 Å². The van der Waals surface area contributed by atoms with Crippen LogP contribution in [0.2, 0.25) is 0 Å². The van der Waals surface area contributed by atoms with Crippen LogP contribution in [0.5, 0.6) is 0 Å². The van der Waals surface area contributed by atoms with Crippen LogP contribution < -0.4 is 4.90 Å². The van der Waals surface area contributed by atoms with Crippen LogP contribution in [-0.2, 0) is 10.3 Å². The lowest BCUT2D eigenvalue weighted by Crippen LogP contribution is -2.50. The topological polar surface area (TPSA) is 45.1 Å². The number of oxime groups is 1. The number of amides is 2. The molecule has 1 spiro atoms. The second-order valence-corrected chi connectivity index (χ2v) is 9.48. The maximum Gasteiger partial charge on any atom is 0.324 e. The minimum absolute atomic E-state index is 0.0376. The fourth-order valence-corrected chi connectivity index (χ4v) is 4.19. The predicted molar refractivity (Wildman–Crippen MR) is 121 cm³/mol. The molecule has 0 aliphatic carbocycles. The normalized spacial score (nSPS) is 18.1. The first-order valence-electron chi connectivity index (χ1n) is 10.7. The molecular formula is C25H31N3O2. The number of anilines is 1. The quantitative estimate of drug-likeness (QED) is 0.689. The lowest BCUT2D eigenvalue weighted by Gasteiger charge is -2.38. The van der Waals surface area contributed by atoms with E-state index in [2.05, 4.69) is 50.2 Å². The minimum atomic E-state index is -0.269. The van der Waals surface area contributed by atoms with Gasteiger partial charge in [0.2, 0.25) is 0 Å². The molecule has 158 valence electrons. The predicted octanol–water partition coefficient (Wildman–Crippen LogP) is 5.20. The molecule has 30 heavy (non-hydrogen) atoms. The summed E-state index contributed by atoms with van der Waals surface area (Å²) in [4.78, 5) is 22.6. The second-order valence-electron chi connectivity index (χ2n) is 9.48. The Morgan fingerprint density at radius 2 is 1.67 bits per heavy atom. The zero-order valence-corrected chi connectivity index (χ0v) is 18.4. The van der Waals surface area contributed by atoms with E-state index < -0.39 is 0 Å². The molecule has 1 fully saturated rings. The number of benzene rings is 2. The van der Waals surface area contributed by atoms with Gasteiger partial charge >= 0.3 is 6.03 Å². The van der Waals surface area contributed by atoms with Crippen molar-refractivity contribution in [2.45, 2.75) is 51.0 Å². The monoisotopic (exact) mass is 405 g/mol. The Morgan fingerprint density at radius 1 is 1.03 bits per heavy atom. The van der Waals surface area contributed by atoms with Crippen molar-refractivity contribution in [2.24, 2.45) is 5.16 Å². The van der Waals surface area contributed by atoms with Crippen LogP contribution in [0.4, 0.5) is 10.5 Å². The fourth-order valence-electron chi connectivity index (χ4n) is 4.19. The van der Waals surface area contributed by atoms with Crippen molar-refractivity contribution >= 4 is 17.4 Å². The number of rotatable bonds is 2. The van der Waals surface area contributed by atoms with Gasteiger partial charge < -0.3 is 9.74 Å². The lowest BCUT2D eigenvalue weighted by atomic mass is 9.85. The molecule has 2 amide bonds. The molecule has 0 radical (unpaired) electrons. The van der Waals surface area contributed by atoms with E-state index in [0.717, 1.165) is 36.2 Å². The number of piperidine rings is 1. The summed E-state index contributed by atoms with van der Waals surface area (Å²) >= 11 is 0. The van der Waals surface area contributed by atoms with Gasteiger partial charge in [0.1, 0.15) is 5.60 Å². The van der Waals surface area contributed by atoms with Gasteiger partial charge in [-0.2, -0.15) is 0 Å². The Morgan fingerprint density at radius 3 is 2.27 bits per heavy atom. The van der Waals surface area contributed by atoms with Gasteiger partial charge in [0.25, 0.3) is 0 Å². The summed E-state index contributed by atoms with van der Waals surface area (Å²) in [5.74, 6) is 0. The highest BCUT2D eigenvalue weighted by molar-refractivity contribution is 6.01. The molecule has 4 rings (SSSR count). The first-order valence-corrected chi connectivity index (χ1v) is 10.7. The molecule has 5 nitrogen and oxygen atoms in total. The summed E-state index contributed by atoms with van der Waals surface area (Å²) in [5, 5.41) is 4.37. The van der Waals surface area contributed by atoms with Crippen molar-refractivity contribution in [3.8, 4) is 0 Å². The largest absolute Gasteiger partial charge is 0.388 e. The van der Waals surface area contributed by atoms with E-state index in [0.29, 0.717) is 13.1 Å². The number of urea groups is 1. The van der Waals surface area contributed by atoms with Crippen LogP contribution in [0.3, 0.4) is 0 Å². The number of likely N-dealkylation sites (tertiary alicyclic amines) is 1. The van der Waals surface area contributed by atoms with Gasteiger partial charge in [-0.25, -0.2) is 4.79 Å². The first kappa shape index (κ1) is 20.5. The molecule has 1 saturated heterocycles. The lowest BCUT2D eigenvalue weighted by molar-refractivity contribution is -0.0546. The highest BCUT2D eigenvalue weighted by Gasteiger charge is 2.43. The van der Waals surface area contributed by atoms with Crippen molar-refractivity contribution in [2.75, 3.05) is 25.0 Å². The molecule has 2 aromatic carbocycles. The van der Waals surface area contributed by atoms with Crippen LogP contribution in [-0.4, -0.2) is 42.4 Å². The number of nitrogens with zero attached hydrogens (tertiary/aromatic N) is 3. The van der Waals surface area contributed by atoms with Gasteiger partial charge in [0.05, 0.1) is 5.71 Å². The third-order valence-electron chi connectivity index (χ3n) is 6.30. The first-order chi connectivity index (χ1) is 14.3. The summed E-state index contributed by atoms with van der Waals surface area (Å²) < 4.78 is 0. The summed E-state index contributed by atoms with van der Waals surface area (Å²) in [6.45, 7) is 7.94. The molecule has 2 aromatic rings. The molecule has 0 bridgehead atoms. The molecule has 0 saturated carbocycles. The standard InChI is InChI=1S/C25H31N3O2/c1-24(2,3)20-10-12-21(13-11-20)27(4)23(29)28-16-14-25(15-17-28)18-22(26-30-25)19-8-6-5-7-9-19/h5-13H,14-18H2,1-4H3. The molecule has 0 aromatic heterocycles. The van der Waals surface area contributed by atoms with Crippen LogP contribution >= 0.6 is 0 Å². The molecule has 2 heterocycles. The molecule has 0 atom stereocenters. The van der Waals surface area contributed by atoms with Crippen molar-refractivity contribution < 1.29 is 9.63 Å². The van der Waals surface area contributed by atoms with Gasteiger partial charge in [-0.05, 0) is 28.7 Å². The molecule has 5 heteroatoms. The van der Waals surface area contributed by atoms with E-state index in [1.165, 1.54) is 5.56 Å². The van der Waals surface area contributed by atoms with Crippen LogP contribution in [0.25, 0.3) is 0 Å².